The average Bonchev–Trinajstić information content (AvgIpc) is 2.56. The smallest absolute Gasteiger partial charge is 0.336 e. The van der Waals surface area contributed by atoms with Gasteiger partial charge in [0.05, 0.1) is 11.4 Å². The Kier molecular flexibility index (Phi) is 6.21. The van der Waals surface area contributed by atoms with Crippen LogP contribution in [0.15, 0.2) is 86.9 Å². The molecule has 2 aromatic rings. The van der Waals surface area contributed by atoms with Crippen molar-refractivity contribution in [3.8, 4) is 5.75 Å². The summed E-state index contributed by atoms with van der Waals surface area (Å²) in [5.41, 5.74) is 6.96. The van der Waals surface area contributed by atoms with Crippen molar-refractivity contribution in [2.24, 2.45) is 11.6 Å². The molecule has 0 amide bonds. The Labute approximate surface area is 153 Å². The highest BCUT2D eigenvalue weighted by Crippen LogP contribution is 2.20. The number of hydrogen-bond acceptors (Lipinski definition) is 6. The number of fused-ring (bicyclic) bond motifs is 1. The van der Waals surface area contributed by atoms with Crippen molar-refractivity contribution in [3.05, 3.63) is 88.1 Å². The van der Waals surface area contributed by atoms with E-state index in [2.05, 4.69) is 29.1 Å². The summed E-state index contributed by atoms with van der Waals surface area (Å²) in [5.74, 6) is 6.45. The van der Waals surface area contributed by atoms with E-state index < -0.39 is 5.63 Å². The van der Waals surface area contributed by atoms with Crippen LogP contribution in [0.1, 0.15) is 0 Å². The molecule has 0 spiro atoms. The Bertz CT molecular complexity index is 915. The molecule has 4 N–H and O–H groups in total. The molecule has 0 unspecified atom stereocenters. The fraction of sp³-hybridized carbons (Fsp3) is 0.0556. The van der Waals surface area contributed by atoms with Crippen molar-refractivity contribution < 1.29 is 9.15 Å². The SMILES string of the molecule is C=C/C=C(\C(=C)Br)N(N)/C=C(\N)COc1ccc2ccc(=O)oc2c1. The summed E-state index contributed by atoms with van der Waals surface area (Å²) in [4.78, 5) is 11.3. The molecule has 25 heavy (non-hydrogen) atoms. The lowest BCUT2D eigenvalue weighted by Gasteiger charge is -2.18. The molecule has 0 bridgehead atoms. The van der Waals surface area contributed by atoms with Crippen LogP contribution in [0, 0.1) is 0 Å². The third-order valence-corrected chi connectivity index (χ3v) is 3.54. The van der Waals surface area contributed by atoms with Crippen LogP contribution < -0.4 is 21.9 Å². The first-order valence-corrected chi connectivity index (χ1v) is 8.04. The maximum atomic E-state index is 11.3. The maximum absolute atomic E-state index is 11.3. The first-order valence-electron chi connectivity index (χ1n) is 7.25. The summed E-state index contributed by atoms with van der Waals surface area (Å²) < 4.78 is 11.3. The van der Waals surface area contributed by atoms with Crippen molar-refractivity contribution in [2.75, 3.05) is 6.61 Å². The van der Waals surface area contributed by atoms with Gasteiger partial charge in [0, 0.05) is 28.2 Å². The summed E-state index contributed by atoms with van der Waals surface area (Å²) in [5, 5.41) is 2.12. The molecule has 0 radical (unpaired) electrons. The summed E-state index contributed by atoms with van der Waals surface area (Å²) >= 11 is 3.27. The highest BCUT2D eigenvalue weighted by Gasteiger charge is 2.06. The number of allylic oxidation sites excluding steroid dienone is 3. The minimum Gasteiger partial charge on any atom is -0.487 e. The predicted molar refractivity (Wildman–Crippen MR) is 103 cm³/mol. The zero-order chi connectivity index (χ0) is 18.4. The van der Waals surface area contributed by atoms with Gasteiger partial charge in [-0.15, -0.1) is 0 Å². The van der Waals surface area contributed by atoms with Gasteiger partial charge in [-0.25, -0.2) is 10.6 Å². The molecule has 1 aromatic heterocycles. The zero-order valence-electron chi connectivity index (χ0n) is 13.4. The van der Waals surface area contributed by atoms with E-state index in [4.69, 9.17) is 20.7 Å². The first-order chi connectivity index (χ1) is 11.9. The van der Waals surface area contributed by atoms with Gasteiger partial charge in [0.2, 0.25) is 0 Å². The van der Waals surface area contributed by atoms with Crippen molar-refractivity contribution in [3.63, 3.8) is 0 Å². The number of hydrazine groups is 1. The predicted octanol–water partition coefficient (Wildman–Crippen LogP) is 3.13. The molecule has 0 aliphatic heterocycles. The van der Waals surface area contributed by atoms with Gasteiger partial charge in [-0.1, -0.05) is 19.2 Å². The van der Waals surface area contributed by atoms with Gasteiger partial charge in [-0.2, -0.15) is 0 Å². The number of benzene rings is 1. The minimum absolute atomic E-state index is 0.104. The number of nitrogens with zero attached hydrogens (tertiary/aromatic N) is 1. The minimum atomic E-state index is -0.417. The van der Waals surface area contributed by atoms with Gasteiger partial charge in [0.25, 0.3) is 0 Å². The van der Waals surface area contributed by atoms with Crippen LogP contribution in [0.2, 0.25) is 0 Å². The van der Waals surface area contributed by atoms with Gasteiger partial charge >= 0.3 is 5.63 Å². The normalized spacial score (nSPS) is 12.1. The monoisotopic (exact) mass is 403 g/mol. The van der Waals surface area contributed by atoms with E-state index >= 15 is 0 Å². The second-order valence-electron chi connectivity index (χ2n) is 5.05. The van der Waals surface area contributed by atoms with Crippen LogP contribution in [0.25, 0.3) is 11.0 Å². The lowest BCUT2D eigenvalue weighted by molar-refractivity contribution is 0.345. The average molecular weight is 404 g/mol. The van der Waals surface area contributed by atoms with Crippen molar-refractivity contribution in [1.29, 1.82) is 0 Å². The topological polar surface area (TPSA) is 94.7 Å². The Morgan fingerprint density at radius 2 is 2.08 bits per heavy atom. The number of ether oxygens (including phenoxy) is 1. The molecule has 1 heterocycles. The molecule has 0 atom stereocenters. The molecule has 130 valence electrons. The second-order valence-corrected chi connectivity index (χ2v) is 6.00. The highest BCUT2D eigenvalue weighted by atomic mass is 79.9. The Morgan fingerprint density at radius 1 is 1.36 bits per heavy atom. The van der Waals surface area contributed by atoms with Crippen LogP contribution in [0.4, 0.5) is 0 Å². The molecule has 7 heteroatoms. The molecule has 0 aliphatic carbocycles. The Morgan fingerprint density at radius 3 is 2.76 bits per heavy atom. The fourth-order valence-electron chi connectivity index (χ4n) is 2.01. The van der Waals surface area contributed by atoms with E-state index in [-0.39, 0.29) is 6.61 Å². The summed E-state index contributed by atoms with van der Waals surface area (Å²) in [6.45, 7) is 7.50. The van der Waals surface area contributed by atoms with Gasteiger partial charge < -0.3 is 14.9 Å². The van der Waals surface area contributed by atoms with Crippen LogP contribution in [0.5, 0.6) is 5.75 Å². The summed E-state index contributed by atoms with van der Waals surface area (Å²) in [6.07, 6.45) is 4.79. The number of hydrogen-bond donors (Lipinski definition) is 2. The standard InChI is InChI=1S/C18H18BrN3O3/c1-3-4-16(12(2)19)22(21)10-14(20)11-24-15-7-5-13-6-8-18(23)25-17(13)9-15/h3-10H,1-2,11,20-21H2/b14-10-,16-4+. The Hall–Kier alpha value is -2.77. The van der Waals surface area contributed by atoms with Crippen LogP contribution in [0.3, 0.4) is 0 Å². The number of rotatable bonds is 7. The largest absolute Gasteiger partial charge is 0.487 e. The molecule has 0 saturated heterocycles. The third-order valence-electron chi connectivity index (χ3n) is 3.14. The van der Waals surface area contributed by atoms with Gasteiger partial charge in [-0.05, 0) is 40.2 Å². The highest BCUT2D eigenvalue weighted by molar-refractivity contribution is 9.11. The van der Waals surface area contributed by atoms with Crippen LogP contribution >= 0.6 is 15.9 Å². The third kappa shape index (κ3) is 5.10. The van der Waals surface area contributed by atoms with Gasteiger partial charge in [0.15, 0.2) is 0 Å². The number of halogens is 1. The summed E-state index contributed by atoms with van der Waals surface area (Å²) in [6, 6.07) is 8.24. The van der Waals surface area contributed by atoms with E-state index in [9.17, 15) is 4.79 Å². The van der Waals surface area contributed by atoms with Crippen molar-refractivity contribution in [2.45, 2.75) is 0 Å². The van der Waals surface area contributed by atoms with Gasteiger partial charge in [-0.3, -0.25) is 5.01 Å². The molecule has 1 aromatic carbocycles. The molecule has 2 rings (SSSR count). The first kappa shape index (κ1) is 18.6. The van der Waals surface area contributed by atoms with E-state index in [1.807, 2.05) is 0 Å². The maximum Gasteiger partial charge on any atom is 0.336 e. The number of nitrogens with two attached hydrogens (primary N) is 2. The molecular weight excluding hydrogens is 386 g/mol. The van der Waals surface area contributed by atoms with Gasteiger partial charge in [0.1, 0.15) is 17.9 Å². The molecule has 0 aliphatic rings. The molecule has 0 saturated carbocycles. The van der Waals surface area contributed by atoms with Crippen molar-refractivity contribution >= 4 is 26.9 Å². The molecule has 6 nitrogen and oxygen atoms in total. The van der Waals surface area contributed by atoms with E-state index in [1.165, 1.54) is 17.3 Å². The Balaban J connectivity index is 2.09. The molecular formula is C18H18BrN3O3. The van der Waals surface area contributed by atoms with Crippen LogP contribution in [-0.2, 0) is 0 Å². The van der Waals surface area contributed by atoms with Crippen LogP contribution in [-0.4, -0.2) is 11.6 Å². The zero-order valence-corrected chi connectivity index (χ0v) is 15.0. The lowest BCUT2D eigenvalue weighted by Crippen LogP contribution is -2.27. The fourth-order valence-corrected chi connectivity index (χ4v) is 2.35. The summed E-state index contributed by atoms with van der Waals surface area (Å²) in [7, 11) is 0. The quantitative estimate of drug-likeness (QED) is 0.319. The molecule has 0 fully saturated rings. The second kappa shape index (κ2) is 8.36. The van der Waals surface area contributed by atoms with E-state index in [0.29, 0.717) is 27.2 Å². The van der Waals surface area contributed by atoms with E-state index in [1.54, 1.807) is 36.4 Å². The lowest BCUT2D eigenvalue weighted by atomic mass is 10.2. The van der Waals surface area contributed by atoms with Crippen molar-refractivity contribution in [1.82, 2.24) is 5.01 Å². The van der Waals surface area contributed by atoms with E-state index in [0.717, 1.165) is 5.39 Å².